The van der Waals surface area contributed by atoms with E-state index in [2.05, 4.69) is 29.8 Å². The maximum Gasteiger partial charge on any atom is 0.0652 e. The van der Waals surface area contributed by atoms with E-state index in [1.165, 1.54) is 12.8 Å². The van der Waals surface area contributed by atoms with Crippen molar-refractivity contribution in [1.82, 2.24) is 0 Å². The molecule has 2 nitrogen and oxygen atoms in total. The highest BCUT2D eigenvalue weighted by molar-refractivity contribution is 9.09. The number of ether oxygens (including phenoxy) is 2. The fourth-order valence-corrected chi connectivity index (χ4v) is 3.79. The van der Waals surface area contributed by atoms with Gasteiger partial charge in [-0.05, 0) is 25.7 Å². The van der Waals surface area contributed by atoms with Gasteiger partial charge in [-0.1, -0.05) is 29.8 Å². The van der Waals surface area contributed by atoms with Gasteiger partial charge in [-0.3, -0.25) is 0 Å². The summed E-state index contributed by atoms with van der Waals surface area (Å²) in [5.41, 5.74) is 0.382. The summed E-state index contributed by atoms with van der Waals surface area (Å²) >= 11 is 3.76. The quantitative estimate of drug-likeness (QED) is 0.525. The number of alkyl halides is 1. The summed E-state index contributed by atoms with van der Waals surface area (Å²) in [6, 6.07) is 0. The molecule has 1 aliphatic rings. The molecule has 0 aliphatic heterocycles. The molecular formula is C12H23BrO2. The maximum absolute atomic E-state index is 5.94. The van der Waals surface area contributed by atoms with Gasteiger partial charge in [0.2, 0.25) is 0 Å². The summed E-state index contributed by atoms with van der Waals surface area (Å²) in [6.07, 6.45) is 5.02. The molecule has 1 fully saturated rings. The Hall–Kier alpha value is 0.400. The predicted molar refractivity (Wildman–Crippen MR) is 66.6 cm³/mol. The first-order valence-corrected chi connectivity index (χ1v) is 6.87. The van der Waals surface area contributed by atoms with E-state index < -0.39 is 0 Å². The van der Waals surface area contributed by atoms with E-state index in [1.807, 2.05) is 0 Å². The Balaban J connectivity index is 2.30. The number of rotatable bonds is 7. The summed E-state index contributed by atoms with van der Waals surface area (Å²) < 4.78 is 10.9. The molecule has 1 rings (SSSR count). The zero-order valence-corrected chi connectivity index (χ0v) is 11.7. The molecule has 0 radical (unpaired) electrons. The fraction of sp³-hybridized carbons (Fsp3) is 1.00. The molecular weight excluding hydrogens is 256 g/mol. The van der Waals surface area contributed by atoms with Gasteiger partial charge in [-0.2, -0.15) is 0 Å². The van der Waals surface area contributed by atoms with E-state index in [0.717, 1.165) is 26.1 Å². The number of hydrogen-bond acceptors (Lipinski definition) is 2. The van der Waals surface area contributed by atoms with Gasteiger partial charge in [0.25, 0.3) is 0 Å². The first-order chi connectivity index (χ1) is 7.21. The molecule has 0 aromatic rings. The van der Waals surface area contributed by atoms with Crippen molar-refractivity contribution in [3.63, 3.8) is 0 Å². The van der Waals surface area contributed by atoms with Crippen molar-refractivity contribution in [1.29, 1.82) is 0 Å². The second-order valence-electron chi connectivity index (χ2n) is 4.35. The third-order valence-corrected chi connectivity index (χ3v) is 5.10. The maximum atomic E-state index is 5.94. The largest absolute Gasteiger partial charge is 0.385 e. The summed E-state index contributed by atoms with van der Waals surface area (Å²) in [6.45, 7) is 6.17. The Labute approximate surface area is 102 Å². The van der Waals surface area contributed by atoms with E-state index >= 15 is 0 Å². The lowest BCUT2D eigenvalue weighted by molar-refractivity contribution is -0.110. The SMILES string of the molecule is CCC1(CC)C(Br)CC1OCCCOC. The molecule has 2 atom stereocenters. The molecule has 0 aromatic heterocycles. The van der Waals surface area contributed by atoms with Gasteiger partial charge in [-0.15, -0.1) is 0 Å². The van der Waals surface area contributed by atoms with Crippen LogP contribution < -0.4 is 0 Å². The van der Waals surface area contributed by atoms with Gasteiger partial charge in [-0.25, -0.2) is 0 Å². The normalized spacial score (nSPS) is 28.8. The fourth-order valence-electron chi connectivity index (χ4n) is 2.51. The van der Waals surface area contributed by atoms with Crippen LogP contribution >= 0.6 is 15.9 Å². The van der Waals surface area contributed by atoms with Gasteiger partial charge in [0.15, 0.2) is 0 Å². The van der Waals surface area contributed by atoms with Crippen LogP contribution in [-0.4, -0.2) is 31.3 Å². The van der Waals surface area contributed by atoms with Crippen molar-refractivity contribution in [3.8, 4) is 0 Å². The average molecular weight is 279 g/mol. The smallest absolute Gasteiger partial charge is 0.0652 e. The number of methoxy groups -OCH3 is 1. The number of hydrogen-bond donors (Lipinski definition) is 0. The summed E-state index contributed by atoms with van der Waals surface area (Å²) in [4.78, 5) is 0.646. The van der Waals surface area contributed by atoms with Crippen LogP contribution in [0.25, 0.3) is 0 Å². The van der Waals surface area contributed by atoms with Crippen molar-refractivity contribution in [2.24, 2.45) is 5.41 Å². The van der Waals surface area contributed by atoms with Crippen LogP contribution in [-0.2, 0) is 9.47 Å². The summed E-state index contributed by atoms with van der Waals surface area (Å²) in [5.74, 6) is 0. The van der Waals surface area contributed by atoms with Gasteiger partial charge in [0.05, 0.1) is 6.10 Å². The van der Waals surface area contributed by atoms with Crippen molar-refractivity contribution >= 4 is 15.9 Å². The van der Waals surface area contributed by atoms with Crippen LogP contribution in [0.2, 0.25) is 0 Å². The Morgan fingerprint density at radius 3 is 2.40 bits per heavy atom. The second-order valence-corrected chi connectivity index (χ2v) is 5.45. The minimum absolute atomic E-state index is 0.382. The first kappa shape index (κ1) is 13.5. The molecule has 15 heavy (non-hydrogen) atoms. The van der Waals surface area contributed by atoms with Crippen molar-refractivity contribution in [3.05, 3.63) is 0 Å². The molecule has 0 saturated heterocycles. The van der Waals surface area contributed by atoms with Crippen LogP contribution in [0, 0.1) is 5.41 Å². The van der Waals surface area contributed by atoms with Crippen LogP contribution in [0.5, 0.6) is 0 Å². The molecule has 1 aliphatic carbocycles. The van der Waals surface area contributed by atoms with Gasteiger partial charge >= 0.3 is 0 Å². The highest BCUT2D eigenvalue weighted by Gasteiger charge is 2.51. The van der Waals surface area contributed by atoms with Crippen molar-refractivity contribution in [2.45, 2.75) is 50.5 Å². The summed E-state index contributed by atoms with van der Waals surface area (Å²) in [5, 5.41) is 0. The molecule has 0 amide bonds. The van der Waals surface area contributed by atoms with E-state index in [0.29, 0.717) is 16.3 Å². The first-order valence-electron chi connectivity index (χ1n) is 5.95. The third-order valence-electron chi connectivity index (χ3n) is 3.81. The van der Waals surface area contributed by atoms with Crippen LogP contribution in [0.4, 0.5) is 0 Å². The van der Waals surface area contributed by atoms with Crippen molar-refractivity contribution in [2.75, 3.05) is 20.3 Å². The molecule has 2 unspecified atom stereocenters. The van der Waals surface area contributed by atoms with E-state index in [4.69, 9.17) is 9.47 Å². The molecule has 0 N–H and O–H groups in total. The molecule has 0 spiro atoms. The lowest BCUT2D eigenvalue weighted by Gasteiger charge is -2.53. The molecule has 90 valence electrons. The Morgan fingerprint density at radius 1 is 1.27 bits per heavy atom. The summed E-state index contributed by atoms with van der Waals surface area (Å²) in [7, 11) is 1.74. The van der Waals surface area contributed by atoms with E-state index in [-0.39, 0.29) is 0 Å². The predicted octanol–water partition coefficient (Wildman–Crippen LogP) is 3.38. The molecule has 3 heteroatoms. The van der Waals surface area contributed by atoms with Gasteiger partial charge in [0.1, 0.15) is 0 Å². The Bertz CT molecular complexity index is 180. The highest BCUT2D eigenvalue weighted by Crippen LogP contribution is 2.52. The molecule has 0 heterocycles. The minimum atomic E-state index is 0.382. The molecule has 0 bridgehead atoms. The van der Waals surface area contributed by atoms with Crippen LogP contribution in [0.1, 0.15) is 39.5 Å². The van der Waals surface area contributed by atoms with E-state index in [9.17, 15) is 0 Å². The van der Waals surface area contributed by atoms with E-state index in [1.54, 1.807) is 7.11 Å². The lowest BCUT2D eigenvalue weighted by Crippen LogP contribution is -2.55. The molecule has 1 saturated carbocycles. The number of halogens is 1. The third kappa shape index (κ3) is 2.75. The monoisotopic (exact) mass is 278 g/mol. The van der Waals surface area contributed by atoms with Gasteiger partial charge < -0.3 is 9.47 Å². The highest BCUT2D eigenvalue weighted by atomic mass is 79.9. The zero-order valence-electron chi connectivity index (χ0n) is 10.1. The topological polar surface area (TPSA) is 18.5 Å². The second kappa shape index (κ2) is 6.21. The standard InChI is InChI=1S/C12H23BrO2/c1-4-12(5-2)10(13)9-11(12)15-8-6-7-14-3/h10-11H,4-9H2,1-3H3. The van der Waals surface area contributed by atoms with Gasteiger partial charge in [0, 0.05) is 30.6 Å². The Morgan fingerprint density at radius 2 is 1.93 bits per heavy atom. The lowest BCUT2D eigenvalue weighted by atomic mass is 9.62. The van der Waals surface area contributed by atoms with Crippen molar-refractivity contribution < 1.29 is 9.47 Å². The minimum Gasteiger partial charge on any atom is -0.385 e. The molecule has 0 aromatic carbocycles. The Kier molecular flexibility index (Phi) is 5.58. The van der Waals surface area contributed by atoms with Crippen LogP contribution in [0.3, 0.4) is 0 Å². The van der Waals surface area contributed by atoms with Crippen LogP contribution in [0.15, 0.2) is 0 Å². The zero-order chi connectivity index (χ0) is 11.3. The average Bonchev–Trinajstić information content (AvgIpc) is 2.24.